The Labute approximate surface area is 289 Å². The number of aromatic nitrogens is 2. The Morgan fingerprint density at radius 3 is 1.91 bits per heavy atom. The standard InChI is InChI=1S/C23H24ClN3O2.C13H16N2.2ClH/c1-23(2,12-17-11-10-16-6-3-4-8-21(16)27-17)26-14-18(28)15-29-22-9-5-7-20(24)19(22)13-25;1-13(2,14)9-11-8-7-10-5-3-4-6-12(10)15-11;;/h3-11,18,26,28H,12,14-15H2,1-2H3;3-8H,9,14H2,1-2H3;2*1H/t18-;;;/m1.../s1. The van der Waals surface area contributed by atoms with Crippen molar-refractivity contribution in [3.05, 3.63) is 113 Å². The van der Waals surface area contributed by atoms with E-state index in [9.17, 15) is 10.4 Å². The average Bonchev–Trinajstić information content (AvgIpc) is 2.98. The number of nitrogens with one attached hydrogen (secondary N) is 1. The number of aliphatic hydroxyl groups excluding tert-OH is 1. The van der Waals surface area contributed by atoms with E-state index in [1.54, 1.807) is 18.2 Å². The van der Waals surface area contributed by atoms with Gasteiger partial charge in [0.15, 0.2) is 0 Å². The normalized spacial score (nSPS) is 11.8. The second-order valence-electron chi connectivity index (χ2n) is 12.3. The number of nitrogens with two attached hydrogens (primary N) is 1. The first kappa shape index (κ1) is 38.7. The van der Waals surface area contributed by atoms with E-state index in [2.05, 4.69) is 48.4 Å². The van der Waals surface area contributed by atoms with Crippen LogP contribution in [0, 0.1) is 11.3 Å². The quantitative estimate of drug-likeness (QED) is 0.140. The Morgan fingerprint density at radius 1 is 0.826 bits per heavy atom. The highest BCUT2D eigenvalue weighted by molar-refractivity contribution is 6.31. The first-order chi connectivity index (χ1) is 20.9. The van der Waals surface area contributed by atoms with Crippen LogP contribution in [0.1, 0.15) is 44.6 Å². The lowest BCUT2D eigenvalue weighted by Gasteiger charge is -2.27. The lowest BCUT2D eigenvalue weighted by Crippen LogP contribution is -2.46. The highest BCUT2D eigenvalue weighted by atomic mass is 35.5. The molecule has 4 N–H and O–H groups in total. The van der Waals surface area contributed by atoms with Gasteiger partial charge in [0.05, 0.1) is 16.1 Å². The summed E-state index contributed by atoms with van der Waals surface area (Å²) >= 11 is 6.00. The number of fused-ring (bicyclic) bond motifs is 2. The lowest BCUT2D eigenvalue weighted by atomic mass is 9.97. The van der Waals surface area contributed by atoms with Crippen LogP contribution in [0.3, 0.4) is 0 Å². The number of rotatable bonds is 10. The summed E-state index contributed by atoms with van der Waals surface area (Å²) in [6.07, 6.45) is 0.792. The number of pyridine rings is 2. The minimum atomic E-state index is -0.732. The first-order valence-corrected chi connectivity index (χ1v) is 15.0. The number of aliphatic hydroxyl groups is 1. The van der Waals surface area contributed by atoms with Gasteiger partial charge >= 0.3 is 0 Å². The SMILES string of the molecule is CC(C)(Cc1ccc2ccccc2n1)NC[C@@H](O)COc1cccc(Cl)c1C#N.CC(C)(N)Cc1ccc2ccccc2n1.Cl.Cl. The van der Waals surface area contributed by atoms with Crippen LogP contribution in [0.25, 0.3) is 21.8 Å². The molecule has 0 saturated heterocycles. The molecule has 1 atom stereocenters. The summed E-state index contributed by atoms with van der Waals surface area (Å²) in [7, 11) is 0. The van der Waals surface area contributed by atoms with E-state index in [4.69, 9.17) is 27.1 Å². The summed E-state index contributed by atoms with van der Waals surface area (Å²) in [6.45, 7) is 8.59. The number of ether oxygens (including phenoxy) is 1. The van der Waals surface area contributed by atoms with Crippen LogP contribution < -0.4 is 15.8 Å². The van der Waals surface area contributed by atoms with Crippen molar-refractivity contribution in [2.45, 2.75) is 57.7 Å². The van der Waals surface area contributed by atoms with Gasteiger partial charge in [-0.05, 0) is 64.1 Å². The molecule has 0 spiro atoms. The van der Waals surface area contributed by atoms with Crippen molar-refractivity contribution in [1.29, 1.82) is 5.26 Å². The van der Waals surface area contributed by atoms with Crippen LogP contribution >= 0.6 is 36.4 Å². The molecule has 5 rings (SSSR count). The van der Waals surface area contributed by atoms with Crippen LogP contribution in [0.4, 0.5) is 0 Å². The Morgan fingerprint density at radius 2 is 1.37 bits per heavy atom. The summed E-state index contributed by atoms with van der Waals surface area (Å²) in [5, 5.41) is 25.5. The molecule has 0 unspecified atom stereocenters. The molecule has 3 aromatic carbocycles. The average molecular weight is 683 g/mol. The third-order valence-electron chi connectivity index (χ3n) is 6.91. The molecule has 10 heteroatoms. The summed E-state index contributed by atoms with van der Waals surface area (Å²) < 4.78 is 5.59. The van der Waals surface area contributed by atoms with Gasteiger partial charge in [-0.3, -0.25) is 9.97 Å². The second-order valence-corrected chi connectivity index (χ2v) is 12.7. The highest BCUT2D eigenvalue weighted by Gasteiger charge is 2.21. The zero-order valence-electron chi connectivity index (χ0n) is 26.5. The van der Waals surface area contributed by atoms with Crippen molar-refractivity contribution in [1.82, 2.24) is 15.3 Å². The van der Waals surface area contributed by atoms with Crippen molar-refractivity contribution < 1.29 is 9.84 Å². The smallest absolute Gasteiger partial charge is 0.138 e. The number of hydrogen-bond acceptors (Lipinski definition) is 7. The lowest BCUT2D eigenvalue weighted by molar-refractivity contribution is 0.0986. The summed E-state index contributed by atoms with van der Waals surface area (Å²) in [6, 6.07) is 31.5. The Bertz CT molecular complexity index is 1750. The van der Waals surface area contributed by atoms with E-state index in [1.165, 1.54) is 5.39 Å². The highest BCUT2D eigenvalue weighted by Crippen LogP contribution is 2.25. The number of para-hydroxylation sites is 2. The van der Waals surface area contributed by atoms with Crippen molar-refractivity contribution in [3.63, 3.8) is 0 Å². The Kier molecular flexibility index (Phi) is 14.7. The number of β-amino-alcohol motifs (C(OH)–C–C–N with tert-alkyl or cyclic N) is 1. The van der Waals surface area contributed by atoms with Gasteiger partial charge in [0.25, 0.3) is 0 Å². The molecule has 0 fully saturated rings. The van der Waals surface area contributed by atoms with E-state index >= 15 is 0 Å². The molecule has 0 aliphatic rings. The largest absolute Gasteiger partial charge is 0.489 e. The number of hydrogen-bond donors (Lipinski definition) is 3. The van der Waals surface area contributed by atoms with E-state index in [-0.39, 0.29) is 48.1 Å². The Balaban J connectivity index is 0.000000367. The van der Waals surface area contributed by atoms with Crippen LogP contribution in [-0.4, -0.2) is 45.4 Å². The van der Waals surface area contributed by atoms with Gasteiger partial charge in [0.1, 0.15) is 30.1 Å². The van der Waals surface area contributed by atoms with E-state index in [0.717, 1.165) is 40.6 Å². The van der Waals surface area contributed by atoms with Gasteiger partial charge in [-0.25, -0.2) is 0 Å². The first-order valence-electron chi connectivity index (χ1n) is 14.7. The van der Waals surface area contributed by atoms with Crippen molar-refractivity contribution >= 4 is 58.2 Å². The number of nitrogens with zero attached hydrogens (tertiary/aromatic N) is 3. The maximum atomic E-state index is 10.3. The van der Waals surface area contributed by atoms with Crippen molar-refractivity contribution in [3.8, 4) is 11.8 Å². The van der Waals surface area contributed by atoms with Gasteiger partial charge in [0.2, 0.25) is 0 Å². The zero-order valence-corrected chi connectivity index (χ0v) is 28.9. The van der Waals surface area contributed by atoms with Crippen LogP contribution in [0.2, 0.25) is 5.02 Å². The van der Waals surface area contributed by atoms with Crippen LogP contribution in [-0.2, 0) is 12.8 Å². The molecule has 2 aromatic heterocycles. The summed E-state index contributed by atoms with van der Waals surface area (Å²) in [5.41, 5.74) is 9.85. The molecule has 7 nitrogen and oxygen atoms in total. The van der Waals surface area contributed by atoms with Crippen molar-refractivity contribution in [2.24, 2.45) is 5.73 Å². The fourth-order valence-electron chi connectivity index (χ4n) is 4.77. The van der Waals surface area contributed by atoms with Gasteiger partial charge in [-0.1, -0.05) is 66.2 Å². The molecule has 244 valence electrons. The third-order valence-corrected chi connectivity index (χ3v) is 7.22. The molecule has 2 heterocycles. The summed E-state index contributed by atoms with van der Waals surface area (Å²) in [5.74, 6) is 0.374. The fraction of sp³-hybridized carbons (Fsp3) is 0.306. The molecule has 46 heavy (non-hydrogen) atoms. The topological polar surface area (TPSA) is 117 Å². The number of benzene rings is 3. The van der Waals surface area contributed by atoms with Crippen molar-refractivity contribution in [2.75, 3.05) is 13.2 Å². The monoisotopic (exact) mass is 681 g/mol. The molecule has 0 aliphatic carbocycles. The number of nitriles is 1. The molecule has 0 aliphatic heterocycles. The molecular weight excluding hydrogens is 641 g/mol. The van der Waals surface area contributed by atoms with E-state index < -0.39 is 6.10 Å². The molecule has 0 amide bonds. The summed E-state index contributed by atoms with van der Waals surface area (Å²) in [4.78, 5) is 9.30. The number of halogens is 3. The predicted molar refractivity (Wildman–Crippen MR) is 193 cm³/mol. The van der Waals surface area contributed by atoms with Crippen LogP contribution in [0.15, 0.2) is 91.0 Å². The maximum absolute atomic E-state index is 10.3. The molecular formula is C36H42Cl3N5O2. The predicted octanol–water partition coefficient (Wildman–Crippen LogP) is 7.47. The van der Waals surface area contributed by atoms with Crippen LogP contribution in [0.5, 0.6) is 5.75 Å². The molecule has 0 saturated carbocycles. The maximum Gasteiger partial charge on any atom is 0.138 e. The van der Waals surface area contributed by atoms with E-state index in [1.807, 2.05) is 68.4 Å². The second kappa shape index (κ2) is 17.4. The molecule has 0 bridgehead atoms. The minimum absolute atomic E-state index is 0. The Hall–Kier alpha value is -3.48. The van der Waals surface area contributed by atoms with E-state index in [0.29, 0.717) is 17.3 Å². The molecule has 5 aromatic rings. The fourth-order valence-corrected chi connectivity index (χ4v) is 4.98. The van der Waals surface area contributed by atoms with Gasteiger partial charge in [-0.15, -0.1) is 24.8 Å². The van der Waals surface area contributed by atoms with Gasteiger partial charge < -0.3 is 20.9 Å². The zero-order chi connectivity index (χ0) is 31.7. The molecule has 0 radical (unpaired) electrons. The third kappa shape index (κ3) is 11.7. The van der Waals surface area contributed by atoms with Gasteiger partial charge in [-0.2, -0.15) is 5.26 Å². The minimum Gasteiger partial charge on any atom is -0.489 e. The van der Waals surface area contributed by atoms with Gasteiger partial charge in [0, 0.05) is 52.6 Å².